The van der Waals surface area contributed by atoms with Crippen LogP contribution in [-0.2, 0) is 45.5 Å². The second-order valence-electron chi connectivity index (χ2n) is 11.3. The largest absolute Gasteiger partial charge is 0.376 e. The average molecular weight is 549 g/mol. The summed E-state index contributed by atoms with van der Waals surface area (Å²) in [6, 6.07) is 17.5. The molecule has 1 heterocycles. The second-order valence-corrected chi connectivity index (χ2v) is 13.0. The Kier molecular flexibility index (Phi) is 8.94. The molecule has 3 aromatic rings. The minimum Gasteiger partial charge on any atom is -0.376 e. The topological polar surface area (TPSA) is 75.7 Å². The van der Waals surface area contributed by atoms with E-state index in [4.69, 9.17) is 4.74 Å². The normalized spacial score (nSPS) is 13.7. The van der Waals surface area contributed by atoms with Crippen LogP contribution in [0.1, 0.15) is 72.9 Å². The van der Waals surface area contributed by atoms with Crippen molar-refractivity contribution >= 4 is 15.9 Å². The van der Waals surface area contributed by atoms with E-state index >= 15 is 0 Å². The molecule has 4 rings (SSSR count). The first kappa shape index (κ1) is 29.0. The highest BCUT2D eigenvalue weighted by atomic mass is 32.2. The first-order valence-corrected chi connectivity index (χ1v) is 15.1. The predicted molar refractivity (Wildman–Crippen MR) is 156 cm³/mol. The lowest BCUT2D eigenvalue weighted by molar-refractivity contribution is -0.118. The second kappa shape index (κ2) is 12.0. The van der Waals surface area contributed by atoms with Crippen molar-refractivity contribution in [2.24, 2.45) is 0 Å². The summed E-state index contributed by atoms with van der Waals surface area (Å²) in [5.41, 5.74) is 8.81. The van der Waals surface area contributed by atoms with Crippen LogP contribution in [0.5, 0.6) is 0 Å². The van der Waals surface area contributed by atoms with Gasteiger partial charge in [-0.3, -0.25) is 4.79 Å². The van der Waals surface area contributed by atoms with Crippen molar-refractivity contribution in [1.82, 2.24) is 9.62 Å². The summed E-state index contributed by atoms with van der Waals surface area (Å²) in [6.45, 7) is 10.5. The minimum atomic E-state index is -3.98. The number of amides is 1. The van der Waals surface area contributed by atoms with Gasteiger partial charge in [0.05, 0.1) is 24.5 Å². The molecule has 0 aliphatic carbocycles. The van der Waals surface area contributed by atoms with Gasteiger partial charge in [-0.05, 0) is 95.1 Å². The molecule has 1 N–H and O–H groups in total. The fourth-order valence-corrected chi connectivity index (χ4v) is 6.20. The fraction of sp³-hybridized carbons (Fsp3) is 0.406. The molecule has 1 aliphatic rings. The monoisotopic (exact) mass is 548 g/mol. The van der Waals surface area contributed by atoms with Crippen molar-refractivity contribution in [2.45, 2.75) is 70.4 Å². The van der Waals surface area contributed by atoms with E-state index in [1.807, 2.05) is 19.0 Å². The molecule has 0 bridgehead atoms. The Labute approximate surface area is 233 Å². The molecule has 7 heteroatoms. The number of hydrogen-bond donors (Lipinski definition) is 1. The van der Waals surface area contributed by atoms with Crippen LogP contribution in [0.25, 0.3) is 11.1 Å². The minimum absolute atomic E-state index is 0.00270. The number of rotatable bonds is 9. The maximum Gasteiger partial charge on any atom is 0.264 e. The zero-order valence-electron chi connectivity index (χ0n) is 23.9. The lowest BCUT2D eigenvalue weighted by atomic mass is 9.83. The summed E-state index contributed by atoms with van der Waals surface area (Å²) >= 11 is 0. The van der Waals surface area contributed by atoms with Gasteiger partial charge < -0.3 is 9.64 Å². The van der Waals surface area contributed by atoms with Gasteiger partial charge in [0.15, 0.2) is 0 Å². The zero-order chi connectivity index (χ0) is 28.3. The van der Waals surface area contributed by atoms with E-state index in [1.165, 1.54) is 11.1 Å². The van der Waals surface area contributed by atoms with Crippen molar-refractivity contribution in [3.8, 4) is 11.1 Å². The van der Waals surface area contributed by atoms with E-state index in [0.717, 1.165) is 46.4 Å². The Bertz CT molecular complexity index is 1410. The third-order valence-electron chi connectivity index (χ3n) is 7.19. The van der Waals surface area contributed by atoms with Gasteiger partial charge in [-0.1, -0.05) is 64.1 Å². The van der Waals surface area contributed by atoms with Crippen molar-refractivity contribution in [3.05, 3.63) is 88.0 Å². The molecule has 0 spiro atoms. The Balaban J connectivity index is 1.62. The first-order valence-electron chi connectivity index (χ1n) is 13.6. The van der Waals surface area contributed by atoms with E-state index in [2.05, 4.69) is 62.7 Å². The quantitative estimate of drug-likeness (QED) is 0.367. The van der Waals surface area contributed by atoms with Crippen LogP contribution >= 0.6 is 0 Å². The highest BCUT2D eigenvalue weighted by Crippen LogP contribution is 2.35. The van der Waals surface area contributed by atoms with Gasteiger partial charge >= 0.3 is 0 Å². The molecule has 208 valence electrons. The fourth-order valence-electron chi connectivity index (χ4n) is 5.21. The predicted octanol–water partition coefficient (Wildman–Crippen LogP) is 5.78. The van der Waals surface area contributed by atoms with Crippen LogP contribution in [0.15, 0.2) is 59.5 Å². The Morgan fingerprint density at radius 1 is 0.897 bits per heavy atom. The van der Waals surface area contributed by atoms with Crippen LogP contribution < -0.4 is 4.72 Å². The van der Waals surface area contributed by atoms with Crippen LogP contribution in [-0.4, -0.2) is 39.9 Å². The van der Waals surface area contributed by atoms with Gasteiger partial charge in [0.2, 0.25) is 5.91 Å². The summed E-state index contributed by atoms with van der Waals surface area (Å²) in [5, 5.41) is 0. The molecule has 0 saturated heterocycles. The number of fused-ring (bicyclic) bond motifs is 1. The van der Waals surface area contributed by atoms with Crippen LogP contribution in [0.3, 0.4) is 0 Å². The van der Waals surface area contributed by atoms with E-state index in [-0.39, 0.29) is 23.2 Å². The summed E-state index contributed by atoms with van der Waals surface area (Å²) < 4.78 is 34.0. The van der Waals surface area contributed by atoms with Crippen molar-refractivity contribution in [1.29, 1.82) is 0 Å². The van der Waals surface area contributed by atoms with Crippen LogP contribution in [0.2, 0.25) is 0 Å². The molecule has 1 aliphatic heterocycles. The van der Waals surface area contributed by atoms with E-state index in [9.17, 15) is 13.2 Å². The molecular formula is C32H40N2O4S. The van der Waals surface area contributed by atoms with Gasteiger partial charge in [0.1, 0.15) is 0 Å². The lowest BCUT2D eigenvalue weighted by Crippen LogP contribution is -2.32. The molecular weight excluding hydrogens is 508 g/mol. The number of ether oxygens (including phenoxy) is 1. The molecule has 6 nitrogen and oxygen atoms in total. The Hall–Kier alpha value is -3.00. The summed E-state index contributed by atoms with van der Waals surface area (Å²) in [6.07, 6.45) is 0.929. The molecule has 3 aromatic carbocycles. The molecule has 0 unspecified atom stereocenters. The van der Waals surface area contributed by atoms with Gasteiger partial charge in [0.25, 0.3) is 10.0 Å². The number of carbonyl (C=O) groups excluding carboxylic acids is 1. The van der Waals surface area contributed by atoms with E-state index in [1.54, 1.807) is 24.3 Å². The van der Waals surface area contributed by atoms with E-state index in [0.29, 0.717) is 13.2 Å². The molecule has 1 amide bonds. The Morgan fingerprint density at radius 3 is 2.13 bits per heavy atom. The number of sulfonamides is 1. The molecule has 0 aromatic heterocycles. The summed E-state index contributed by atoms with van der Waals surface area (Å²) in [7, 11) is -0.0671. The first-order chi connectivity index (χ1) is 18.4. The standard InChI is InChI=1S/C32H40N2O4S/c1-21(2)29-16-26(25-10-9-24-13-14-38-20-27(24)15-25)17-30(22(3)4)31(29)18-32(35)33-39(36,37)28-11-7-23(8-12-28)19-34(5)6/h7-12,15-17,21-22H,13-14,18-20H2,1-6H3,(H,33,35). The number of nitrogens with one attached hydrogen (secondary N) is 1. The third kappa shape index (κ3) is 6.96. The van der Waals surface area contributed by atoms with Gasteiger partial charge in [-0.2, -0.15) is 0 Å². The molecule has 0 fully saturated rings. The number of nitrogens with zero attached hydrogens (tertiary/aromatic N) is 1. The zero-order valence-corrected chi connectivity index (χ0v) is 24.7. The van der Waals surface area contributed by atoms with Gasteiger partial charge in [0, 0.05) is 6.54 Å². The van der Waals surface area contributed by atoms with Crippen LogP contribution in [0.4, 0.5) is 0 Å². The smallest absolute Gasteiger partial charge is 0.264 e. The number of hydrogen-bond acceptors (Lipinski definition) is 5. The molecule has 0 radical (unpaired) electrons. The summed E-state index contributed by atoms with van der Waals surface area (Å²) in [4.78, 5) is 15.3. The highest BCUT2D eigenvalue weighted by Gasteiger charge is 2.23. The maximum absolute atomic E-state index is 13.2. The van der Waals surface area contributed by atoms with Crippen molar-refractivity contribution in [2.75, 3.05) is 20.7 Å². The number of benzene rings is 3. The third-order valence-corrected chi connectivity index (χ3v) is 8.58. The van der Waals surface area contributed by atoms with Crippen LogP contribution in [0, 0.1) is 0 Å². The number of carbonyl (C=O) groups is 1. The summed E-state index contributed by atoms with van der Waals surface area (Å²) in [5.74, 6) is -0.214. The van der Waals surface area contributed by atoms with Gasteiger partial charge in [-0.25, -0.2) is 13.1 Å². The van der Waals surface area contributed by atoms with E-state index < -0.39 is 15.9 Å². The highest BCUT2D eigenvalue weighted by molar-refractivity contribution is 7.90. The molecule has 0 atom stereocenters. The van der Waals surface area contributed by atoms with Crippen molar-refractivity contribution < 1.29 is 17.9 Å². The van der Waals surface area contributed by atoms with Crippen molar-refractivity contribution in [3.63, 3.8) is 0 Å². The SMILES string of the molecule is CC(C)c1cc(-c2ccc3c(c2)COCC3)cc(C(C)C)c1CC(=O)NS(=O)(=O)c1ccc(CN(C)C)cc1. The lowest BCUT2D eigenvalue weighted by Gasteiger charge is -2.23. The Morgan fingerprint density at radius 2 is 1.54 bits per heavy atom. The average Bonchev–Trinajstić information content (AvgIpc) is 2.87. The molecule has 0 saturated carbocycles. The maximum atomic E-state index is 13.2. The van der Waals surface area contributed by atoms with Gasteiger partial charge in [-0.15, -0.1) is 0 Å². The molecule has 39 heavy (non-hydrogen) atoms.